The normalized spacial score (nSPS) is 10.8. The van der Waals surface area contributed by atoms with Gasteiger partial charge in [0.1, 0.15) is 0 Å². The molecule has 0 N–H and O–H groups in total. The Balaban J connectivity index is 0.000000321. The van der Waals surface area contributed by atoms with E-state index < -0.39 is 0 Å². The molecule has 0 fully saturated rings. The molecule has 0 unspecified atom stereocenters. The Labute approximate surface area is 238 Å². The van der Waals surface area contributed by atoms with Crippen LogP contribution in [0.3, 0.4) is 0 Å². The fraction of sp³-hybridized carbons (Fsp3) is 0.286. The van der Waals surface area contributed by atoms with Crippen LogP contribution < -0.4 is 18.9 Å². The van der Waals surface area contributed by atoms with Crippen LogP contribution in [0.2, 0.25) is 0 Å². The van der Waals surface area contributed by atoms with Crippen molar-refractivity contribution in [3.8, 4) is 21.2 Å². The largest absolute Gasteiger partial charge is 1.00 e. The Morgan fingerprint density at radius 2 is 0.529 bits per heavy atom. The third-order valence-corrected chi connectivity index (χ3v) is 11.0. The second kappa shape index (κ2) is 14.5. The first-order chi connectivity index (χ1) is 15.2. The van der Waals surface area contributed by atoms with E-state index in [9.17, 15) is 0 Å². The molecule has 0 bridgehead atoms. The van der Waals surface area contributed by atoms with Crippen molar-refractivity contribution >= 4 is 32.8 Å². The van der Waals surface area contributed by atoms with Crippen LogP contribution in [0.1, 0.15) is 44.5 Å². The molecule has 173 valence electrons. The van der Waals surface area contributed by atoms with Crippen molar-refractivity contribution in [2.45, 2.75) is 55.4 Å². The van der Waals surface area contributed by atoms with Gasteiger partial charge in [0.05, 0.1) is 0 Å². The van der Waals surface area contributed by atoms with Crippen molar-refractivity contribution in [2.75, 3.05) is 0 Å². The van der Waals surface area contributed by atoms with Gasteiger partial charge >= 0.3 is 18.9 Å². The monoisotopic (exact) mass is 602 g/mol. The predicted octanol–water partition coefficient (Wildman–Crippen LogP) is 8.50. The van der Waals surface area contributed by atoms with E-state index in [2.05, 4.69) is 103 Å². The molecule has 0 amide bonds. The van der Waals surface area contributed by atoms with Crippen LogP contribution >= 0.6 is 32.8 Å². The first kappa shape index (κ1) is 31.9. The van der Waals surface area contributed by atoms with Gasteiger partial charge in [0.15, 0.2) is 0 Å². The van der Waals surface area contributed by atoms with E-state index >= 15 is 0 Å². The minimum absolute atomic E-state index is 0. The zero-order chi connectivity index (χ0) is 23.4. The molecule has 0 aliphatic carbocycles. The molecule has 1 radical (unpaired) electrons. The fourth-order valence-electron chi connectivity index (χ4n) is 3.06. The average Bonchev–Trinajstić information content (AvgIpc) is 2.76. The van der Waals surface area contributed by atoms with Crippen LogP contribution in [0, 0.1) is 55.4 Å². The maximum atomic E-state index is 2.33. The van der Waals surface area contributed by atoms with Gasteiger partial charge in [0, 0.05) is 40.7 Å². The third kappa shape index (κ3) is 8.45. The van der Waals surface area contributed by atoms with E-state index in [0.29, 0.717) is 0 Å². The first-order valence-electron chi connectivity index (χ1n) is 10.9. The molecule has 4 aromatic heterocycles. The molecular weight excluding hydrogens is 570 g/mol. The van der Waals surface area contributed by atoms with Crippen LogP contribution in [0.4, 0.5) is 0 Å². The summed E-state index contributed by atoms with van der Waals surface area (Å²) in [6.45, 7) is 17.5. The SMILES string of the molecule is Cc1cpc(-c2cc(C)c(C)cp2)cc1C.Cc1cpc(-c2cc(C)c(C)cp2)cc1C.[Li+].[Rh]. The van der Waals surface area contributed by atoms with Gasteiger partial charge in [0.25, 0.3) is 0 Å². The molecule has 4 aromatic rings. The second-order valence-electron chi connectivity index (χ2n) is 8.62. The maximum absolute atomic E-state index is 2.33. The van der Waals surface area contributed by atoms with E-state index in [1.165, 1.54) is 98.5 Å². The van der Waals surface area contributed by atoms with Gasteiger partial charge in [-0.1, -0.05) is 32.8 Å². The summed E-state index contributed by atoms with van der Waals surface area (Å²) in [5.74, 6) is 9.23. The predicted molar refractivity (Wildman–Crippen MR) is 152 cm³/mol. The average molecular weight is 602 g/mol. The Morgan fingerprint density at radius 1 is 0.353 bits per heavy atom. The Morgan fingerprint density at radius 3 is 0.676 bits per heavy atom. The molecule has 34 heavy (non-hydrogen) atoms. The summed E-state index contributed by atoms with van der Waals surface area (Å²) in [5.41, 5.74) is 11.2. The maximum Gasteiger partial charge on any atom is 1.00 e. The molecule has 4 heterocycles. The molecule has 0 nitrogen and oxygen atoms in total. The van der Waals surface area contributed by atoms with Crippen molar-refractivity contribution in [2.24, 2.45) is 0 Å². The summed E-state index contributed by atoms with van der Waals surface area (Å²) in [5, 5.41) is 5.81. The Bertz CT molecular complexity index is 1070. The standard InChI is InChI=1S/2C14H16P2.Li.Rh/c2*1-9-5-13(15-7-11(9)3)14-6-10(2)12(4)8-16-14;;/h2*5-8H,1-4H3;;/q;;+1;. The van der Waals surface area contributed by atoms with Crippen LogP contribution in [0.5, 0.6) is 0 Å². The van der Waals surface area contributed by atoms with E-state index in [4.69, 9.17) is 0 Å². The number of hydrogen-bond acceptors (Lipinski definition) is 0. The molecule has 0 spiro atoms. The van der Waals surface area contributed by atoms with Gasteiger partial charge < -0.3 is 0 Å². The molecule has 0 saturated heterocycles. The number of rotatable bonds is 2. The van der Waals surface area contributed by atoms with E-state index in [-0.39, 0.29) is 38.3 Å². The smallest absolute Gasteiger partial charge is 0.0672 e. The molecule has 6 heteroatoms. The van der Waals surface area contributed by atoms with Crippen LogP contribution in [-0.4, -0.2) is 0 Å². The van der Waals surface area contributed by atoms with Crippen molar-refractivity contribution in [3.05, 3.63) is 92.0 Å². The van der Waals surface area contributed by atoms with Gasteiger partial charge in [0.2, 0.25) is 0 Å². The summed E-state index contributed by atoms with van der Waals surface area (Å²) in [4.78, 5) is 0. The molecular formula is C28H32LiP4Rh+. The minimum Gasteiger partial charge on any atom is -0.0672 e. The summed E-state index contributed by atoms with van der Waals surface area (Å²) >= 11 is 0. The summed E-state index contributed by atoms with van der Waals surface area (Å²) in [7, 11) is 5.35. The van der Waals surface area contributed by atoms with Crippen LogP contribution in [0.15, 0.2) is 47.5 Å². The van der Waals surface area contributed by atoms with Crippen molar-refractivity contribution in [1.82, 2.24) is 0 Å². The molecule has 0 aliphatic rings. The quantitative estimate of drug-likeness (QED) is 0.202. The zero-order valence-corrected chi connectivity index (χ0v) is 27.0. The molecule has 0 aromatic carbocycles. The number of hydrogen-bond donors (Lipinski definition) is 0. The van der Waals surface area contributed by atoms with Gasteiger partial charge in [-0.05, 0) is 147 Å². The fourth-order valence-corrected chi connectivity index (χ4v) is 7.76. The van der Waals surface area contributed by atoms with E-state index in [1.807, 2.05) is 0 Å². The van der Waals surface area contributed by atoms with Crippen molar-refractivity contribution in [1.29, 1.82) is 0 Å². The van der Waals surface area contributed by atoms with Crippen molar-refractivity contribution < 1.29 is 38.3 Å². The molecule has 0 aliphatic heterocycles. The van der Waals surface area contributed by atoms with Crippen LogP contribution in [0.25, 0.3) is 21.2 Å². The van der Waals surface area contributed by atoms with Gasteiger partial charge in [-0.15, -0.1) is 0 Å². The van der Waals surface area contributed by atoms with Crippen LogP contribution in [-0.2, 0) is 19.5 Å². The first-order valence-corrected chi connectivity index (χ1v) is 14.7. The van der Waals surface area contributed by atoms with Gasteiger partial charge in [-0.3, -0.25) is 0 Å². The Kier molecular flexibility index (Phi) is 13.6. The zero-order valence-electron chi connectivity index (χ0n) is 21.7. The summed E-state index contributed by atoms with van der Waals surface area (Å²) in [6.07, 6.45) is 0. The second-order valence-corrected chi connectivity index (χ2v) is 12.6. The third-order valence-electron chi connectivity index (χ3n) is 6.01. The number of aryl methyl sites for hydroxylation is 8. The van der Waals surface area contributed by atoms with Gasteiger partial charge in [-0.25, -0.2) is 0 Å². The Hall–Kier alpha value is -0.179. The van der Waals surface area contributed by atoms with Gasteiger partial charge in [-0.2, -0.15) is 0 Å². The van der Waals surface area contributed by atoms with E-state index in [1.54, 1.807) is 0 Å². The molecule has 0 saturated carbocycles. The molecule has 0 atom stereocenters. The topological polar surface area (TPSA) is 0 Å². The van der Waals surface area contributed by atoms with Crippen molar-refractivity contribution in [3.63, 3.8) is 0 Å². The summed E-state index contributed by atoms with van der Waals surface area (Å²) in [6, 6.07) is 9.32. The minimum atomic E-state index is 0. The molecule has 4 rings (SSSR count). The summed E-state index contributed by atoms with van der Waals surface area (Å²) < 4.78 is 0. The van der Waals surface area contributed by atoms with E-state index in [0.717, 1.165) is 0 Å².